The van der Waals surface area contributed by atoms with Gasteiger partial charge in [0.15, 0.2) is 0 Å². The van der Waals surface area contributed by atoms with E-state index in [0.29, 0.717) is 25.9 Å². The normalized spacial score (nSPS) is 20.6. The van der Waals surface area contributed by atoms with Gasteiger partial charge in [0, 0.05) is 25.0 Å². The lowest BCUT2D eigenvalue weighted by molar-refractivity contribution is -0.137. The molecule has 1 aliphatic rings. The van der Waals surface area contributed by atoms with Crippen LogP contribution >= 0.6 is 0 Å². The smallest absolute Gasteiger partial charge is 0.240 e. The molecule has 0 spiro atoms. The fraction of sp³-hybridized carbons (Fsp3) is 0.833. The van der Waals surface area contributed by atoms with Crippen LogP contribution in [0, 0.1) is 0 Å². The first-order valence-corrected chi connectivity index (χ1v) is 6.15. The molecule has 0 bridgehead atoms. The molecule has 1 heterocycles. The van der Waals surface area contributed by atoms with Gasteiger partial charge < -0.3 is 16.0 Å². The zero-order chi connectivity index (χ0) is 13.1. The maximum absolute atomic E-state index is 11.9. The first-order chi connectivity index (χ1) is 7.81. The lowest BCUT2D eigenvalue weighted by Gasteiger charge is -2.24. The van der Waals surface area contributed by atoms with E-state index in [-0.39, 0.29) is 17.4 Å². The van der Waals surface area contributed by atoms with Crippen LogP contribution in [0.5, 0.6) is 0 Å². The summed E-state index contributed by atoms with van der Waals surface area (Å²) in [5, 5.41) is 3.26. The van der Waals surface area contributed by atoms with Crippen LogP contribution in [0.2, 0.25) is 0 Å². The lowest BCUT2D eigenvalue weighted by atomic mass is 10.1. The summed E-state index contributed by atoms with van der Waals surface area (Å²) >= 11 is 0. The summed E-state index contributed by atoms with van der Waals surface area (Å²) < 4.78 is 0. The van der Waals surface area contributed by atoms with E-state index in [4.69, 9.17) is 5.73 Å². The summed E-state index contributed by atoms with van der Waals surface area (Å²) in [6.07, 6.45) is 1.99. The van der Waals surface area contributed by atoms with Crippen LogP contribution < -0.4 is 11.1 Å². The Bertz CT molecular complexity index is 297. The standard InChI is InChI=1S/C12H23N3O2/c1-12(2,3)14-7-6-10(16)15-8-4-5-9(15)11(13)17/h9,14H,4-8H2,1-3H3,(H2,13,17). The predicted molar refractivity (Wildman–Crippen MR) is 66.3 cm³/mol. The SMILES string of the molecule is CC(C)(C)NCCC(=O)N1CCCC1C(N)=O. The van der Waals surface area contributed by atoms with E-state index >= 15 is 0 Å². The van der Waals surface area contributed by atoms with Crippen LogP contribution in [0.1, 0.15) is 40.0 Å². The van der Waals surface area contributed by atoms with Crippen molar-refractivity contribution in [1.29, 1.82) is 0 Å². The summed E-state index contributed by atoms with van der Waals surface area (Å²) in [7, 11) is 0. The fourth-order valence-corrected chi connectivity index (χ4v) is 2.05. The summed E-state index contributed by atoms with van der Waals surface area (Å²) in [4.78, 5) is 24.7. The second-order valence-electron chi connectivity index (χ2n) is 5.57. The highest BCUT2D eigenvalue weighted by molar-refractivity contribution is 5.87. The third-order valence-electron chi connectivity index (χ3n) is 2.90. The molecule has 1 atom stereocenters. The topological polar surface area (TPSA) is 75.4 Å². The number of primary amides is 1. The van der Waals surface area contributed by atoms with E-state index in [1.807, 2.05) is 0 Å². The van der Waals surface area contributed by atoms with E-state index in [0.717, 1.165) is 6.42 Å². The van der Waals surface area contributed by atoms with Crippen LogP contribution in [0.4, 0.5) is 0 Å². The van der Waals surface area contributed by atoms with Crippen molar-refractivity contribution in [3.05, 3.63) is 0 Å². The fourth-order valence-electron chi connectivity index (χ4n) is 2.05. The van der Waals surface area contributed by atoms with E-state index in [2.05, 4.69) is 26.1 Å². The minimum absolute atomic E-state index is 0.00831. The zero-order valence-electron chi connectivity index (χ0n) is 11.0. The van der Waals surface area contributed by atoms with Crippen molar-refractivity contribution in [2.45, 2.75) is 51.6 Å². The Kier molecular flexibility index (Phi) is 4.51. The minimum Gasteiger partial charge on any atom is -0.368 e. The monoisotopic (exact) mass is 241 g/mol. The van der Waals surface area contributed by atoms with E-state index in [1.54, 1.807) is 4.90 Å². The maximum atomic E-state index is 11.9. The minimum atomic E-state index is -0.392. The van der Waals surface area contributed by atoms with Crippen molar-refractivity contribution in [1.82, 2.24) is 10.2 Å². The predicted octanol–water partition coefficient (Wildman–Crippen LogP) is 0.241. The van der Waals surface area contributed by atoms with Gasteiger partial charge >= 0.3 is 0 Å². The molecule has 1 saturated heterocycles. The third-order valence-corrected chi connectivity index (χ3v) is 2.90. The Morgan fingerprint density at radius 3 is 2.59 bits per heavy atom. The molecule has 1 unspecified atom stereocenters. The Morgan fingerprint density at radius 2 is 2.06 bits per heavy atom. The Morgan fingerprint density at radius 1 is 1.41 bits per heavy atom. The number of likely N-dealkylation sites (tertiary alicyclic amines) is 1. The Labute approximate surface area is 103 Å². The number of carbonyl (C=O) groups is 2. The summed E-state index contributed by atoms with van der Waals surface area (Å²) in [5.74, 6) is -0.373. The molecule has 1 fully saturated rings. The van der Waals surface area contributed by atoms with Crippen molar-refractivity contribution in [2.75, 3.05) is 13.1 Å². The molecular formula is C12H23N3O2. The van der Waals surface area contributed by atoms with E-state index in [1.165, 1.54) is 0 Å². The van der Waals surface area contributed by atoms with Crippen LogP contribution in [0.15, 0.2) is 0 Å². The molecule has 98 valence electrons. The van der Waals surface area contributed by atoms with Gasteiger partial charge in [0.25, 0.3) is 0 Å². The highest BCUT2D eigenvalue weighted by Gasteiger charge is 2.32. The molecule has 3 N–H and O–H groups in total. The summed E-state index contributed by atoms with van der Waals surface area (Å²) in [5.41, 5.74) is 5.28. The first-order valence-electron chi connectivity index (χ1n) is 6.15. The quantitative estimate of drug-likeness (QED) is 0.740. The molecule has 0 radical (unpaired) electrons. The highest BCUT2D eigenvalue weighted by atomic mass is 16.2. The Hall–Kier alpha value is -1.10. The first kappa shape index (κ1) is 14.0. The third kappa shape index (κ3) is 4.34. The highest BCUT2D eigenvalue weighted by Crippen LogP contribution is 2.17. The van der Waals surface area contributed by atoms with Gasteiger partial charge in [0.2, 0.25) is 11.8 Å². The molecule has 0 aromatic rings. The van der Waals surface area contributed by atoms with Crippen molar-refractivity contribution < 1.29 is 9.59 Å². The second kappa shape index (κ2) is 5.49. The molecule has 5 nitrogen and oxygen atoms in total. The molecule has 0 aromatic carbocycles. The number of amides is 2. The van der Waals surface area contributed by atoms with Crippen LogP contribution in [-0.2, 0) is 9.59 Å². The van der Waals surface area contributed by atoms with Gasteiger partial charge in [0.1, 0.15) is 6.04 Å². The average Bonchev–Trinajstić information content (AvgIpc) is 2.63. The van der Waals surface area contributed by atoms with Gasteiger partial charge in [-0.2, -0.15) is 0 Å². The van der Waals surface area contributed by atoms with Gasteiger partial charge in [-0.1, -0.05) is 0 Å². The molecule has 5 heteroatoms. The van der Waals surface area contributed by atoms with Gasteiger partial charge in [-0.15, -0.1) is 0 Å². The van der Waals surface area contributed by atoms with Crippen molar-refractivity contribution in [3.8, 4) is 0 Å². The molecule has 0 aromatic heterocycles. The number of carbonyl (C=O) groups excluding carboxylic acids is 2. The van der Waals surface area contributed by atoms with Crippen LogP contribution in [0.25, 0.3) is 0 Å². The molecule has 2 amide bonds. The van der Waals surface area contributed by atoms with Crippen molar-refractivity contribution in [2.24, 2.45) is 5.73 Å². The number of nitrogens with two attached hydrogens (primary N) is 1. The second-order valence-corrected chi connectivity index (χ2v) is 5.57. The van der Waals surface area contributed by atoms with Crippen LogP contribution in [0.3, 0.4) is 0 Å². The molecule has 0 aliphatic carbocycles. The number of nitrogens with one attached hydrogen (secondary N) is 1. The van der Waals surface area contributed by atoms with Crippen LogP contribution in [-0.4, -0.2) is 41.4 Å². The van der Waals surface area contributed by atoms with E-state index < -0.39 is 6.04 Å². The van der Waals surface area contributed by atoms with Crippen molar-refractivity contribution >= 4 is 11.8 Å². The largest absolute Gasteiger partial charge is 0.368 e. The maximum Gasteiger partial charge on any atom is 0.240 e. The number of hydrogen-bond donors (Lipinski definition) is 2. The van der Waals surface area contributed by atoms with E-state index in [9.17, 15) is 9.59 Å². The molecule has 1 aliphatic heterocycles. The molecule has 0 saturated carbocycles. The lowest BCUT2D eigenvalue weighted by Crippen LogP contribution is -2.45. The molecular weight excluding hydrogens is 218 g/mol. The summed E-state index contributed by atoms with van der Waals surface area (Å²) in [6.45, 7) is 7.45. The zero-order valence-corrected chi connectivity index (χ0v) is 11.0. The van der Waals surface area contributed by atoms with Gasteiger partial charge in [-0.25, -0.2) is 0 Å². The number of rotatable bonds is 4. The molecule has 1 rings (SSSR count). The average molecular weight is 241 g/mol. The summed E-state index contributed by atoms with van der Waals surface area (Å²) in [6, 6.07) is -0.392. The van der Waals surface area contributed by atoms with Gasteiger partial charge in [0.05, 0.1) is 0 Å². The Balaban J connectivity index is 2.40. The van der Waals surface area contributed by atoms with Gasteiger partial charge in [-0.3, -0.25) is 9.59 Å². The molecule has 17 heavy (non-hydrogen) atoms. The van der Waals surface area contributed by atoms with Crippen molar-refractivity contribution in [3.63, 3.8) is 0 Å². The van der Waals surface area contributed by atoms with Gasteiger partial charge in [-0.05, 0) is 33.6 Å². The number of hydrogen-bond acceptors (Lipinski definition) is 3. The number of nitrogens with zero attached hydrogens (tertiary/aromatic N) is 1.